The molecule has 134 valence electrons. The number of aryl methyl sites for hydroxylation is 1. The smallest absolute Gasteiger partial charge is 0.323 e. The van der Waals surface area contributed by atoms with Crippen LogP contribution in [0.15, 0.2) is 29.1 Å². The second kappa shape index (κ2) is 6.94. The summed E-state index contributed by atoms with van der Waals surface area (Å²) >= 11 is 0. The van der Waals surface area contributed by atoms with E-state index in [-0.39, 0.29) is 6.03 Å². The molecule has 2 aromatic rings. The van der Waals surface area contributed by atoms with Crippen LogP contribution in [0.25, 0.3) is 0 Å². The van der Waals surface area contributed by atoms with Crippen LogP contribution in [0.5, 0.6) is 0 Å². The van der Waals surface area contributed by atoms with Gasteiger partial charge in [-0.15, -0.1) is 0 Å². The van der Waals surface area contributed by atoms with Crippen molar-refractivity contribution in [1.82, 2.24) is 14.7 Å². The number of hydrogen-bond donors (Lipinski definition) is 1. The van der Waals surface area contributed by atoms with Gasteiger partial charge < -0.3 is 9.32 Å². The Bertz CT molecular complexity index is 712. The monoisotopic (exact) mass is 342 g/mol. The molecule has 0 saturated heterocycles. The summed E-state index contributed by atoms with van der Waals surface area (Å²) in [5.74, 6) is 0.658. The predicted molar refractivity (Wildman–Crippen MR) is 95.4 cm³/mol. The first-order valence-electron chi connectivity index (χ1n) is 9.35. The van der Waals surface area contributed by atoms with Crippen molar-refractivity contribution >= 4 is 11.8 Å². The molecule has 2 aliphatic rings. The van der Waals surface area contributed by atoms with Crippen molar-refractivity contribution in [3.63, 3.8) is 0 Å². The summed E-state index contributed by atoms with van der Waals surface area (Å²) in [5, 5.41) is 7.67. The number of carbonyl (C=O) groups excluding carboxylic acids is 1. The minimum Gasteiger partial charge on any atom is -0.472 e. The normalized spacial score (nSPS) is 18.3. The fraction of sp³-hybridized carbons (Fsp3) is 0.579. The highest BCUT2D eigenvalue weighted by atomic mass is 16.3. The second-order valence-electron chi connectivity index (χ2n) is 7.33. The van der Waals surface area contributed by atoms with E-state index in [0.717, 1.165) is 24.1 Å². The number of rotatable bonds is 5. The van der Waals surface area contributed by atoms with Gasteiger partial charge in [0.2, 0.25) is 0 Å². The van der Waals surface area contributed by atoms with Crippen molar-refractivity contribution in [2.75, 3.05) is 5.32 Å². The van der Waals surface area contributed by atoms with Gasteiger partial charge in [-0.2, -0.15) is 5.10 Å². The first-order chi connectivity index (χ1) is 12.2. The number of amides is 2. The van der Waals surface area contributed by atoms with Crippen molar-refractivity contribution in [2.45, 2.75) is 70.5 Å². The van der Waals surface area contributed by atoms with E-state index in [0.29, 0.717) is 24.4 Å². The standard InChI is InChI=1S/C19H26N4O2/c1-14-11-18(21-23(14)17-5-3-2-4-6-17)20-19(24)22(16-7-8-16)12-15-9-10-25-13-15/h9-11,13,16-17H,2-8,12H2,1H3,(H,20,21,24). The summed E-state index contributed by atoms with van der Waals surface area (Å²) in [6.07, 6.45) is 11.7. The van der Waals surface area contributed by atoms with Crippen molar-refractivity contribution < 1.29 is 9.21 Å². The van der Waals surface area contributed by atoms with Gasteiger partial charge in [0.15, 0.2) is 5.82 Å². The fourth-order valence-corrected chi connectivity index (χ4v) is 3.76. The van der Waals surface area contributed by atoms with Gasteiger partial charge in [0, 0.05) is 23.4 Å². The van der Waals surface area contributed by atoms with Gasteiger partial charge in [-0.05, 0) is 38.7 Å². The molecule has 0 radical (unpaired) electrons. The van der Waals surface area contributed by atoms with E-state index in [1.807, 2.05) is 17.0 Å². The Labute approximate surface area is 148 Å². The number of furan rings is 1. The molecule has 6 nitrogen and oxygen atoms in total. The van der Waals surface area contributed by atoms with Crippen LogP contribution >= 0.6 is 0 Å². The third-order valence-corrected chi connectivity index (χ3v) is 5.26. The number of carbonyl (C=O) groups is 1. The number of aromatic nitrogens is 2. The van der Waals surface area contributed by atoms with Crippen LogP contribution in [-0.4, -0.2) is 26.8 Å². The van der Waals surface area contributed by atoms with Crippen molar-refractivity contribution in [2.24, 2.45) is 0 Å². The molecule has 0 aromatic carbocycles. The Hall–Kier alpha value is -2.24. The molecule has 0 unspecified atom stereocenters. The molecule has 1 N–H and O–H groups in total. The van der Waals surface area contributed by atoms with E-state index < -0.39 is 0 Å². The van der Waals surface area contributed by atoms with Crippen LogP contribution in [0.4, 0.5) is 10.6 Å². The lowest BCUT2D eigenvalue weighted by Crippen LogP contribution is -2.36. The lowest BCUT2D eigenvalue weighted by Gasteiger charge is -2.23. The molecule has 0 bridgehead atoms. The predicted octanol–water partition coefficient (Wildman–Crippen LogP) is 4.49. The van der Waals surface area contributed by atoms with Crippen molar-refractivity contribution in [1.29, 1.82) is 0 Å². The molecule has 2 aliphatic carbocycles. The molecular weight excluding hydrogens is 316 g/mol. The van der Waals surface area contributed by atoms with Crippen LogP contribution in [0.2, 0.25) is 0 Å². The summed E-state index contributed by atoms with van der Waals surface area (Å²) in [6, 6.07) is 4.62. The maximum atomic E-state index is 12.8. The first kappa shape index (κ1) is 16.2. The van der Waals surface area contributed by atoms with Crippen LogP contribution < -0.4 is 5.32 Å². The third kappa shape index (κ3) is 3.72. The first-order valence-corrected chi connectivity index (χ1v) is 9.35. The van der Waals surface area contributed by atoms with Gasteiger partial charge >= 0.3 is 6.03 Å². The van der Waals surface area contributed by atoms with Gasteiger partial charge in [0.1, 0.15) is 0 Å². The number of urea groups is 1. The third-order valence-electron chi connectivity index (χ3n) is 5.26. The fourth-order valence-electron chi connectivity index (χ4n) is 3.76. The largest absolute Gasteiger partial charge is 0.472 e. The zero-order valence-electron chi connectivity index (χ0n) is 14.8. The highest BCUT2D eigenvalue weighted by molar-refractivity contribution is 5.88. The SMILES string of the molecule is Cc1cc(NC(=O)N(Cc2ccoc2)C2CC2)nn1C1CCCCC1. The van der Waals surface area contributed by atoms with Crippen LogP contribution in [0, 0.1) is 6.92 Å². The van der Waals surface area contributed by atoms with Crippen LogP contribution in [0.1, 0.15) is 62.2 Å². The quantitative estimate of drug-likeness (QED) is 0.871. The van der Waals surface area contributed by atoms with E-state index in [9.17, 15) is 4.79 Å². The van der Waals surface area contributed by atoms with Gasteiger partial charge in [-0.1, -0.05) is 19.3 Å². The van der Waals surface area contributed by atoms with Gasteiger partial charge in [0.25, 0.3) is 0 Å². The Balaban J connectivity index is 1.44. The van der Waals surface area contributed by atoms with Gasteiger partial charge in [-0.25, -0.2) is 4.79 Å². The average molecular weight is 342 g/mol. The zero-order valence-corrected chi connectivity index (χ0v) is 14.8. The van der Waals surface area contributed by atoms with Crippen molar-refractivity contribution in [3.05, 3.63) is 35.9 Å². The van der Waals surface area contributed by atoms with Gasteiger partial charge in [-0.3, -0.25) is 10.00 Å². The number of hydrogen-bond acceptors (Lipinski definition) is 3. The molecule has 4 rings (SSSR count). The average Bonchev–Trinajstić information content (AvgIpc) is 3.20. The number of nitrogens with zero attached hydrogens (tertiary/aromatic N) is 3. The van der Waals surface area contributed by atoms with E-state index in [1.54, 1.807) is 12.5 Å². The van der Waals surface area contributed by atoms with E-state index >= 15 is 0 Å². The summed E-state index contributed by atoms with van der Waals surface area (Å²) in [7, 11) is 0. The molecule has 6 heteroatoms. The molecule has 25 heavy (non-hydrogen) atoms. The highest BCUT2D eigenvalue weighted by Crippen LogP contribution is 2.31. The molecule has 2 heterocycles. The summed E-state index contributed by atoms with van der Waals surface area (Å²) < 4.78 is 7.23. The summed E-state index contributed by atoms with van der Waals surface area (Å²) in [6.45, 7) is 2.65. The Kier molecular flexibility index (Phi) is 4.51. The molecular formula is C19H26N4O2. The summed E-state index contributed by atoms with van der Waals surface area (Å²) in [4.78, 5) is 14.6. The molecule has 2 amide bonds. The van der Waals surface area contributed by atoms with Crippen LogP contribution in [0.3, 0.4) is 0 Å². The molecule has 0 atom stereocenters. The topological polar surface area (TPSA) is 63.3 Å². The van der Waals surface area contributed by atoms with Gasteiger partial charge in [0.05, 0.1) is 25.1 Å². The number of nitrogens with one attached hydrogen (secondary N) is 1. The lowest BCUT2D eigenvalue weighted by atomic mass is 9.95. The Morgan fingerprint density at radius 2 is 2.12 bits per heavy atom. The minimum absolute atomic E-state index is 0.0722. The zero-order chi connectivity index (χ0) is 17.2. The van der Waals surface area contributed by atoms with E-state index in [1.165, 1.54) is 32.1 Å². The molecule has 0 aliphatic heterocycles. The lowest BCUT2D eigenvalue weighted by molar-refractivity contribution is 0.206. The van der Waals surface area contributed by atoms with E-state index in [4.69, 9.17) is 4.42 Å². The Morgan fingerprint density at radius 1 is 1.32 bits per heavy atom. The molecule has 0 spiro atoms. The maximum absolute atomic E-state index is 12.8. The second-order valence-corrected chi connectivity index (χ2v) is 7.33. The maximum Gasteiger partial charge on any atom is 0.323 e. The van der Waals surface area contributed by atoms with E-state index in [2.05, 4.69) is 22.0 Å². The van der Waals surface area contributed by atoms with Crippen LogP contribution in [-0.2, 0) is 6.54 Å². The molecule has 2 saturated carbocycles. The highest BCUT2D eigenvalue weighted by Gasteiger charge is 2.33. The number of anilines is 1. The molecule has 2 aromatic heterocycles. The van der Waals surface area contributed by atoms with Crippen molar-refractivity contribution in [3.8, 4) is 0 Å². The minimum atomic E-state index is -0.0722. The summed E-state index contributed by atoms with van der Waals surface area (Å²) in [5.41, 5.74) is 2.14. The Morgan fingerprint density at radius 3 is 2.80 bits per heavy atom. The molecule has 2 fully saturated rings.